The Labute approximate surface area is 240 Å². The third-order valence-corrected chi connectivity index (χ3v) is 7.88. The highest BCUT2D eigenvalue weighted by atomic mass is 19.3. The molecule has 0 radical (unpaired) electrons. The monoisotopic (exact) mass is 569 g/mol. The molecule has 2 fully saturated rings. The second-order valence-electron chi connectivity index (χ2n) is 11.7. The number of fused-ring (bicyclic) bond motifs is 1. The van der Waals surface area contributed by atoms with Crippen molar-refractivity contribution in [2.75, 3.05) is 56.2 Å². The van der Waals surface area contributed by atoms with E-state index in [1.165, 1.54) is 4.57 Å². The second kappa shape index (κ2) is 12.8. The van der Waals surface area contributed by atoms with Gasteiger partial charge in [-0.2, -0.15) is 9.97 Å². The van der Waals surface area contributed by atoms with E-state index in [1.54, 1.807) is 24.3 Å². The summed E-state index contributed by atoms with van der Waals surface area (Å²) in [6.45, 7) is 12.1. The molecule has 1 aromatic carbocycles. The standard InChI is InChI=1S/C30H41F2N7O2/c1-4-13-38(20-30(2,3)40)22-11-9-21(10-12-22)19-33-29-35-25(37-14-16-41-17-15-37)18-26(36-29)39-24-8-6-5-7-23(24)34-28(39)27(31)32/h4-8,18,21-22,27,40H,1,9-17,19-20H2,2-3H3,(H,33,35,36). The Morgan fingerprint density at radius 1 is 1.12 bits per heavy atom. The molecule has 2 N–H and O–H groups in total. The lowest BCUT2D eigenvalue weighted by atomic mass is 9.85. The van der Waals surface area contributed by atoms with Gasteiger partial charge in [0, 0.05) is 44.8 Å². The summed E-state index contributed by atoms with van der Waals surface area (Å²) in [4.78, 5) is 18.1. The molecule has 0 spiro atoms. The van der Waals surface area contributed by atoms with Gasteiger partial charge in [0.2, 0.25) is 5.95 Å². The minimum atomic E-state index is -2.76. The number of ether oxygens (including phenoxy) is 1. The van der Waals surface area contributed by atoms with E-state index in [4.69, 9.17) is 14.7 Å². The fourth-order valence-electron chi connectivity index (χ4n) is 5.96. The van der Waals surface area contributed by atoms with Crippen LogP contribution in [0.5, 0.6) is 0 Å². The molecule has 1 saturated carbocycles. The van der Waals surface area contributed by atoms with Crippen molar-refractivity contribution in [3.63, 3.8) is 0 Å². The van der Waals surface area contributed by atoms with Crippen LogP contribution in [0.3, 0.4) is 0 Å². The Balaban J connectivity index is 1.35. The van der Waals surface area contributed by atoms with Gasteiger partial charge in [-0.3, -0.25) is 9.47 Å². The number of imidazole rings is 1. The quantitative estimate of drug-likeness (QED) is 0.318. The maximum absolute atomic E-state index is 14.1. The van der Waals surface area contributed by atoms with Crippen LogP contribution < -0.4 is 10.2 Å². The minimum absolute atomic E-state index is 0.336. The Hall–Kier alpha value is -3.15. The predicted molar refractivity (Wildman–Crippen MR) is 157 cm³/mol. The van der Waals surface area contributed by atoms with E-state index in [0.717, 1.165) is 32.2 Å². The van der Waals surface area contributed by atoms with Crippen molar-refractivity contribution in [3.8, 4) is 5.82 Å². The summed E-state index contributed by atoms with van der Waals surface area (Å²) in [5.74, 6) is 1.55. The first-order valence-corrected chi connectivity index (χ1v) is 14.5. The number of morpholine rings is 1. The molecule has 5 rings (SSSR count). The smallest absolute Gasteiger partial charge is 0.296 e. The number of hydrogen-bond acceptors (Lipinski definition) is 8. The number of rotatable bonds is 11. The number of hydrogen-bond donors (Lipinski definition) is 2. The van der Waals surface area contributed by atoms with Crippen LogP contribution in [0.4, 0.5) is 20.5 Å². The van der Waals surface area contributed by atoms with Crippen LogP contribution in [-0.4, -0.2) is 87.1 Å². The molecule has 3 heterocycles. The molecule has 9 nitrogen and oxygen atoms in total. The number of para-hydroxylation sites is 2. The van der Waals surface area contributed by atoms with Crippen LogP contribution in [-0.2, 0) is 4.74 Å². The van der Waals surface area contributed by atoms with Crippen LogP contribution in [0.25, 0.3) is 16.9 Å². The summed E-state index contributed by atoms with van der Waals surface area (Å²) in [7, 11) is 0. The number of nitrogens with one attached hydrogen (secondary N) is 1. The number of benzene rings is 1. The van der Waals surface area contributed by atoms with Gasteiger partial charge in [0.15, 0.2) is 5.82 Å². The summed E-state index contributed by atoms with van der Waals surface area (Å²) in [5, 5.41) is 13.8. The number of halogens is 2. The normalized spacial score (nSPS) is 20.2. The molecule has 1 aliphatic heterocycles. The predicted octanol–water partition coefficient (Wildman–Crippen LogP) is 4.82. The fraction of sp³-hybridized carbons (Fsp3) is 0.567. The molecular weight excluding hydrogens is 528 g/mol. The number of alkyl halides is 2. The van der Waals surface area contributed by atoms with Gasteiger partial charge >= 0.3 is 0 Å². The lowest BCUT2D eigenvalue weighted by molar-refractivity contribution is 0.0163. The van der Waals surface area contributed by atoms with E-state index in [1.807, 2.05) is 26.0 Å². The summed E-state index contributed by atoms with van der Waals surface area (Å²) in [6, 6.07) is 9.28. The molecule has 41 heavy (non-hydrogen) atoms. The highest BCUT2D eigenvalue weighted by Gasteiger charge is 2.29. The molecule has 2 aliphatic rings. The molecule has 11 heteroatoms. The van der Waals surface area contributed by atoms with Crippen LogP contribution in [0.2, 0.25) is 0 Å². The summed E-state index contributed by atoms with van der Waals surface area (Å²) in [5.41, 5.74) is 0.316. The Morgan fingerprint density at radius 2 is 1.83 bits per heavy atom. The Bertz CT molecular complexity index is 1310. The second-order valence-corrected chi connectivity index (χ2v) is 11.7. The SMILES string of the molecule is C=CCN(CC(C)(C)O)C1CCC(CNc2nc(N3CCOCC3)cc(-n3c(C(F)F)nc4ccccc43)n2)CC1. The van der Waals surface area contributed by atoms with Crippen molar-refractivity contribution in [2.45, 2.75) is 57.6 Å². The van der Waals surface area contributed by atoms with Gasteiger partial charge in [-0.25, -0.2) is 13.8 Å². The average Bonchev–Trinajstić information content (AvgIpc) is 3.36. The molecule has 0 unspecified atom stereocenters. The van der Waals surface area contributed by atoms with Crippen molar-refractivity contribution in [1.29, 1.82) is 0 Å². The van der Waals surface area contributed by atoms with Gasteiger partial charge in [-0.15, -0.1) is 6.58 Å². The first kappa shape index (κ1) is 29.3. The van der Waals surface area contributed by atoms with Crippen molar-refractivity contribution < 1.29 is 18.6 Å². The first-order chi connectivity index (χ1) is 19.7. The molecule has 1 aliphatic carbocycles. The van der Waals surface area contributed by atoms with Crippen LogP contribution in [0, 0.1) is 5.92 Å². The molecule has 0 amide bonds. The van der Waals surface area contributed by atoms with Crippen molar-refractivity contribution >= 4 is 22.8 Å². The highest BCUT2D eigenvalue weighted by molar-refractivity contribution is 5.78. The van der Waals surface area contributed by atoms with Gasteiger partial charge in [0.25, 0.3) is 6.43 Å². The molecule has 1 saturated heterocycles. The van der Waals surface area contributed by atoms with Gasteiger partial charge in [-0.05, 0) is 57.6 Å². The zero-order valence-electron chi connectivity index (χ0n) is 24.0. The topological polar surface area (TPSA) is 91.6 Å². The number of aromatic nitrogens is 4. The van der Waals surface area contributed by atoms with Crippen LogP contribution in [0.1, 0.15) is 51.8 Å². The fourth-order valence-corrected chi connectivity index (χ4v) is 5.96. The van der Waals surface area contributed by atoms with Crippen molar-refractivity contribution in [3.05, 3.63) is 48.8 Å². The lowest BCUT2D eigenvalue weighted by Crippen LogP contribution is -2.46. The van der Waals surface area contributed by atoms with E-state index < -0.39 is 12.0 Å². The van der Waals surface area contributed by atoms with Gasteiger partial charge in [0.05, 0.1) is 29.8 Å². The number of aliphatic hydroxyl groups is 1. The van der Waals surface area contributed by atoms with Gasteiger partial charge in [-0.1, -0.05) is 18.2 Å². The highest BCUT2D eigenvalue weighted by Crippen LogP contribution is 2.31. The first-order valence-electron chi connectivity index (χ1n) is 14.5. The van der Waals surface area contributed by atoms with Crippen LogP contribution in [0.15, 0.2) is 43.0 Å². The largest absolute Gasteiger partial charge is 0.389 e. The molecule has 2 aromatic heterocycles. The van der Waals surface area contributed by atoms with Gasteiger partial charge < -0.3 is 20.1 Å². The van der Waals surface area contributed by atoms with E-state index in [-0.39, 0.29) is 5.82 Å². The van der Waals surface area contributed by atoms with E-state index in [9.17, 15) is 13.9 Å². The summed E-state index contributed by atoms with van der Waals surface area (Å²) < 4.78 is 35.2. The maximum atomic E-state index is 14.1. The number of nitrogens with zero attached hydrogens (tertiary/aromatic N) is 6. The zero-order valence-corrected chi connectivity index (χ0v) is 24.0. The van der Waals surface area contributed by atoms with E-state index in [0.29, 0.717) is 80.0 Å². The molecule has 222 valence electrons. The summed E-state index contributed by atoms with van der Waals surface area (Å²) in [6.07, 6.45) is 3.29. The molecule has 0 atom stereocenters. The van der Waals surface area contributed by atoms with Crippen molar-refractivity contribution in [2.24, 2.45) is 5.92 Å². The van der Waals surface area contributed by atoms with Crippen molar-refractivity contribution in [1.82, 2.24) is 24.4 Å². The average molecular weight is 570 g/mol. The summed E-state index contributed by atoms with van der Waals surface area (Å²) >= 11 is 0. The third-order valence-electron chi connectivity index (χ3n) is 7.88. The van der Waals surface area contributed by atoms with Crippen LogP contribution >= 0.6 is 0 Å². The lowest BCUT2D eigenvalue weighted by Gasteiger charge is -2.39. The Kier molecular flexibility index (Phi) is 9.16. The molecule has 0 bridgehead atoms. The van der Waals surface area contributed by atoms with E-state index >= 15 is 0 Å². The van der Waals surface area contributed by atoms with Gasteiger partial charge in [0.1, 0.15) is 11.6 Å². The van der Waals surface area contributed by atoms with E-state index in [2.05, 4.69) is 26.7 Å². The maximum Gasteiger partial charge on any atom is 0.296 e. The molecular formula is C30H41F2N7O2. The number of anilines is 2. The third kappa shape index (κ3) is 7.20. The minimum Gasteiger partial charge on any atom is -0.389 e. The zero-order chi connectivity index (χ0) is 29.0. The Morgan fingerprint density at radius 3 is 2.51 bits per heavy atom. The molecule has 3 aromatic rings.